The van der Waals surface area contributed by atoms with Crippen LogP contribution in [0.3, 0.4) is 0 Å². The van der Waals surface area contributed by atoms with Crippen LogP contribution in [0.1, 0.15) is 18.9 Å². The van der Waals surface area contributed by atoms with Crippen LogP contribution in [0.15, 0.2) is 36.4 Å². The molecule has 6 rings (SSSR count). The van der Waals surface area contributed by atoms with Crippen molar-refractivity contribution in [2.24, 2.45) is 35.5 Å². The Labute approximate surface area is 152 Å². The zero-order chi connectivity index (χ0) is 18.2. The number of allylic oxidation sites excluding steroid dienone is 2. The maximum absolute atomic E-state index is 13.1. The molecule has 1 saturated heterocycles. The van der Waals surface area contributed by atoms with Crippen LogP contribution in [0.25, 0.3) is 0 Å². The van der Waals surface area contributed by atoms with Crippen molar-refractivity contribution in [3.05, 3.63) is 42.0 Å². The van der Waals surface area contributed by atoms with Crippen molar-refractivity contribution >= 4 is 23.4 Å². The number of nitrogens with zero attached hydrogens (tertiary/aromatic N) is 2. The zero-order valence-corrected chi connectivity index (χ0v) is 15.0. The lowest BCUT2D eigenvalue weighted by Crippen LogP contribution is -2.44. The number of anilines is 1. The number of aryl methyl sites for hydroxylation is 1. The molecule has 5 aliphatic rings. The quantitative estimate of drug-likeness (QED) is 0.621. The lowest BCUT2D eigenvalue weighted by molar-refractivity contribution is -0.140. The average Bonchev–Trinajstić information content (AvgIpc) is 3.39. The second-order valence-electron chi connectivity index (χ2n) is 8.19. The number of amides is 3. The van der Waals surface area contributed by atoms with Crippen LogP contribution in [0.5, 0.6) is 0 Å². The van der Waals surface area contributed by atoms with Gasteiger partial charge in [-0.3, -0.25) is 24.2 Å². The first-order valence-electron chi connectivity index (χ1n) is 9.35. The summed E-state index contributed by atoms with van der Waals surface area (Å²) >= 11 is 0. The molecule has 0 radical (unpaired) electrons. The van der Waals surface area contributed by atoms with E-state index in [1.54, 1.807) is 0 Å². The predicted molar refractivity (Wildman–Crippen MR) is 95.8 cm³/mol. The lowest BCUT2D eigenvalue weighted by atomic mass is 9.63. The smallest absolute Gasteiger partial charge is 0.235 e. The number of hydrogen-bond acceptors (Lipinski definition) is 3. The van der Waals surface area contributed by atoms with E-state index < -0.39 is 0 Å². The molecule has 1 aromatic rings. The molecule has 5 heteroatoms. The van der Waals surface area contributed by atoms with E-state index in [1.807, 2.05) is 31.2 Å². The number of likely N-dealkylation sites (tertiary alicyclic amines) is 1. The lowest BCUT2D eigenvalue weighted by Gasteiger charge is -2.37. The Morgan fingerprint density at radius 1 is 1.12 bits per heavy atom. The van der Waals surface area contributed by atoms with E-state index in [0.717, 1.165) is 17.7 Å². The highest BCUT2D eigenvalue weighted by Gasteiger charge is 2.67. The molecular weight excluding hydrogens is 328 g/mol. The number of carbonyl (C=O) groups is 3. The molecule has 5 nitrogen and oxygen atoms in total. The van der Waals surface area contributed by atoms with Gasteiger partial charge in [0.15, 0.2) is 0 Å². The minimum Gasteiger partial charge on any atom is -0.294 e. The van der Waals surface area contributed by atoms with Crippen LogP contribution in [0, 0.1) is 42.4 Å². The molecule has 4 aliphatic carbocycles. The minimum atomic E-state index is -0.215. The Kier molecular flexibility index (Phi) is 3.21. The highest BCUT2D eigenvalue weighted by atomic mass is 16.2. The summed E-state index contributed by atoms with van der Waals surface area (Å²) in [5, 5.41) is 0. The van der Waals surface area contributed by atoms with Crippen LogP contribution < -0.4 is 4.90 Å². The molecule has 0 unspecified atom stereocenters. The molecule has 134 valence electrons. The van der Waals surface area contributed by atoms with Gasteiger partial charge in [0, 0.05) is 12.6 Å². The van der Waals surface area contributed by atoms with Crippen molar-refractivity contribution < 1.29 is 14.4 Å². The molecule has 1 aliphatic heterocycles. The molecule has 1 heterocycles. The molecule has 0 N–H and O–H groups in total. The van der Waals surface area contributed by atoms with E-state index in [2.05, 4.69) is 12.2 Å². The normalized spacial score (nSPS) is 36.2. The van der Waals surface area contributed by atoms with E-state index >= 15 is 0 Å². The van der Waals surface area contributed by atoms with Crippen LogP contribution in [0.4, 0.5) is 5.69 Å². The summed E-state index contributed by atoms with van der Waals surface area (Å²) in [4.78, 5) is 41.3. The van der Waals surface area contributed by atoms with Gasteiger partial charge in [0.25, 0.3) is 0 Å². The molecule has 0 spiro atoms. The van der Waals surface area contributed by atoms with E-state index in [4.69, 9.17) is 0 Å². The fraction of sp³-hybridized carbons (Fsp3) is 0.476. The van der Waals surface area contributed by atoms with Gasteiger partial charge in [-0.05, 0) is 54.7 Å². The Hall–Kier alpha value is -2.43. The van der Waals surface area contributed by atoms with Crippen molar-refractivity contribution in [1.82, 2.24) is 4.90 Å². The molecule has 2 saturated carbocycles. The third kappa shape index (κ3) is 2.06. The summed E-state index contributed by atoms with van der Waals surface area (Å²) in [5.74, 6) is 0.803. The Balaban J connectivity index is 1.45. The van der Waals surface area contributed by atoms with Crippen LogP contribution >= 0.6 is 0 Å². The second kappa shape index (κ2) is 5.29. The van der Waals surface area contributed by atoms with Gasteiger partial charge in [-0.25, -0.2) is 0 Å². The Morgan fingerprint density at radius 3 is 2.27 bits per heavy atom. The van der Waals surface area contributed by atoms with Gasteiger partial charge in [-0.15, -0.1) is 0 Å². The van der Waals surface area contributed by atoms with Crippen LogP contribution in [-0.2, 0) is 14.4 Å². The number of imide groups is 1. The molecule has 26 heavy (non-hydrogen) atoms. The molecule has 2 bridgehead atoms. The van der Waals surface area contributed by atoms with Crippen molar-refractivity contribution in [2.75, 3.05) is 11.6 Å². The largest absolute Gasteiger partial charge is 0.294 e. The summed E-state index contributed by atoms with van der Waals surface area (Å²) < 4.78 is 0. The van der Waals surface area contributed by atoms with Crippen molar-refractivity contribution in [1.29, 1.82) is 0 Å². The standard InChI is InChI=1S/C21H22N2O3/c1-11-4-3-5-13(8-11)22(12(2)24)10-23-20(25)18-14-6-7-15(17-9-16(14)17)19(18)21(23)26/h3-8,14-19H,9-10H2,1-2H3/t14-,15+,16-,17-,18+,19-/m1/s1. The van der Waals surface area contributed by atoms with Gasteiger partial charge in [-0.1, -0.05) is 24.3 Å². The van der Waals surface area contributed by atoms with E-state index in [1.165, 1.54) is 16.7 Å². The Morgan fingerprint density at radius 2 is 1.73 bits per heavy atom. The van der Waals surface area contributed by atoms with Gasteiger partial charge < -0.3 is 0 Å². The SMILES string of the molecule is CC(=O)N(CN1C(=O)[C@@H]2[C@H]3C=C[C@H]([C@H]4C[C@H]34)[C@@H]2C1=O)c1cccc(C)c1. The highest BCUT2D eigenvalue weighted by Crippen LogP contribution is 2.65. The third-order valence-corrected chi connectivity index (χ3v) is 6.73. The average molecular weight is 350 g/mol. The summed E-state index contributed by atoms with van der Waals surface area (Å²) in [5.41, 5.74) is 1.75. The first-order valence-corrected chi connectivity index (χ1v) is 9.35. The number of carbonyl (C=O) groups excluding carboxylic acids is 3. The summed E-state index contributed by atoms with van der Waals surface area (Å²) in [6, 6.07) is 7.58. The van der Waals surface area contributed by atoms with Gasteiger partial charge in [0.1, 0.15) is 6.67 Å². The maximum Gasteiger partial charge on any atom is 0.235 e. The number of hydrogen-bond donors (Lipinski definition) is 0. The number of benzene rings is 1. The summed E-state index contributed by atoms with van der Waals surface area (Å²) in [6.45, 7) is 3.44. The maximum atomic E-state index is 13.1. The fourth-order valence-electron chi connectivity index (χ4n) is 5.46. The first kappa shape index (κ1) is 15.8. The van der Waals surface area contributed by atoms with Gasteiger partial charge >= 0.3 is 0 Å². The van der Waals surface area contributed by atoms with E-state index in [9.17, 15) is 14.4 Å². The van der Waals surface area contributed by atoms with Crippen molar-refractivity contribution in [3.8, 4) is 0 Å². The Bertz CT molecular complexity index is 825. The molecule has 6 atom stereocenters. The topological polar surface area (TPSA) is 57.7 Å². The van der Waals surface area contributed by atoms with E-state index in [-0.39, 0.29) is 48.1 Å². The molecule has 3 amide bonds. The summed E-state index contributed by atoms with van der Waals surface area (Å²) in [6.07, 6.45) is 5.48. The van der Waals surface area contributed by atoms with Crippen molar-refractivity contribution in [2.45, 2.75) is 20.3 Å². The highest BCUT2D eigenvalue weighted by molar-refractivity contribution is 6.07. The van der Waals surface area contributed by atoms with Gasteiger partial charge in [0.05, 0.1) is 11.8 Å². The van der Waals surface area contributed by atoms with Crippen molar-refractivity contribution in [3.63, 3.8) is 0 Å². The monoisotopic (exact) mass is 350 g/mol. The predicted octanol–water partition coefficient (Wildman–Crippen LogP) is 2.36. The zero-order valence-electron chi connectivity index (χ0n) is 15.0. The summed E-state index contributed by atoms with van der Waals surface area (Å²) in [7, 11) is 0. The number of rotatable bonds is 3. The molecule has 3 fully saturated rings. The second-order valence-corrected chi connectivity index (χ2v) is 8.19. The fourth-order valence-corrected chi connectivity index (χ4v) is 5.46. The van der Waals surface area contributed by atoms with Crippen LogP contribution in [-0.4, -0.2) is 29.3 Å². The molecule has 1 aromatic carbocycles. The van der Waals surface area contributed by atoms with Gasteiger partial charge in [0.2, 0.25) is 17.7 Å². The third-order valence-electron chi connectivity index (χ3n) is 6.73. The molecule has 0 aromatic heterocycles. The van der Waals surface area contributed by atoms with Gasteiger partial charge in [-0.2, -0.15) is 0 Å². The molecular formula is C21H22N2O3. The minimum absolute atomic E-state index is 0.0121. The first-order chi connectivity index (χ1) is 12.5. The van der Waals surface area contributed by atoms with E-state index in [0.29, 0.717) is 11.8 Å². The van der Waals surface area contributed by atoms with Crippen LogP contribution in [0.2, 0.25) is 0 Å².